The predicted octanol–water partition coefficient (Wildman–Crippen LogP) is 1.11. The van der Waals surface area contributed by atoms with Crippen molar-refractivity contribution in [3.8, 4) is 0 Å². The number of Topliss-reactive ketones (excluding diaryl/α,β-unsaturated/α-hetero) is 2. The number of hydrogen-bond acceptors (Lipinski definition) is 9. The molecule has 0 aromatic heterocycles. The minimum atomic E-state index is -1.17. The van der Waals surface area contributed by atoms with Gasteiger partial charge in [0.1, 0.15) is 0 Å². The highest BCUT2D eigenvalue weighted by Gasteiger charge is 2.38. The molecule has 248 valence electrons. The van der Waals surface area contributed by atoms with Gasteiger partial charge in [-0.25, -0.2) is 4.79 Å². The van der Waals surface area contributed by atoms with E-state index in [4.69, 9.17) is 9.47 Å². The van der Waals surface area contributed by atoms with E-state index in [1.807, 2.05) is 0 Å². The van der Waals surface area contributed by atoms with E-state index in [-0.39, 0.29) is 95.4 Å². The van der Waals surface area contributed by atoms with Crippen LogP contribution in [0.1, 0.15) is 47.5 Å². The van der Waals surface area contributed by atoms with Gasteiger partial charge >= 0.3 is 6.09 Å². The van der Waals surface area contributed by atoms with Gasteiger partial charge < -0.3 is 29.7 Å². The second kappa shape index (κ2) is 16.8. The van der Waals surface area contributed by atoms with Gasteiger partial charge in [0.25, 0.3) is 11.8 Å². The maximum absolute atomic E-state index is 13.0. The van der Waals surface area contributed by atoms with Crippen LogP contribution in [0.15, 0.2) is 34.4 Å². The summed E-state index contributed by atoms with van der Waals surface area (Å²) in [6.07, 6.45) is 1.24. The van der Waals surface area contributed by atoms with Crippen molar-refractivity contribution in [3.05, 3.63) is 34.4 Å². The molecule has 2 rings (SSSR count). The van der Waals surface area contributed by atoms with Crippen LogP contribution in [-0.4, -0.2) is 127 Å². The van der Waals surface area contributed by atoms with E-state index < -0.39 is 23.3 Å². The number of hydrogen-bond donors (Lipinski definition) is 2. The zero-order chi connectivity index (χ0) is 33.9. The Morgan fingerprint density at radius 3 is 2.02 bits per heavy atom. The number of allylic oxidation sites excluding steroid dienone is 4. The number of nitrogens with zero attached hydrogens (tertiary/aromatic N) is 3. The van der Waals surface area contributed by atoms with E-state index >= 15 is 0 Å². The van der Waals surface area contributed by atoms with Gasteiger partial charge in [-0.05, 0) is 20.8 Å². The third-order valence-corrected chi connectivity index (χ3v) is 7.77. The monoisotopic (exact) mass is 632 g/mol. The summed E-state index contributed by atoms with van der Waals surface area (Å²) in [5.74, 6) is -1.84. The first kappa shape index (κ1) is 37.0. The third kappa shape index (κ3) is 10.5. The number of rotatable bonds is 18. The van der Waals surface area contributed by atoms with Crippen LogP contribution in [0, 0.1) is 5.41 Å². The zero-order valence-corrected chi connectivity index (χ0v) is 26.9. The summed E-state index contributed by atoms with van der Waals surface area (Å²) >= 11 is 0. The molecule has 0 atom stereocenters. The van der Waals surface area contributed by atoms with Crippen LogP contribution in [0.2, 0.25) is 0 Å². The fraction of sp³-hybridized carbons (Fsp3) is 0.581. The maximum Gasteiger partial charge on any atom is 0.407 e. The van der Waals surface area contributed by atoms with Gasteiger partial charge in [-0.15, -0.1) is 0 Å². The Morgan fingerprint density at radius 1 is 0.844 bits per heavy atom. The van der Waals surface area contributed by atoms with Crippen LogP contribution in [-0.2, 0) is 38.2 Å². The first-order valence-corrected chi connectivity index (χ1v) is 14.7. The molecule has 0 bridgehead atoms. The molecule has 2 aliphatic rings. The number of carbonyl (C=O) groups excluding carboxylic acids is 6. The molecule has 1 aliphatic heterocycles. The Kier molecular flexibility index (Phi) is 13.8. The molecule has 45 heavy (non-hydrogen) atoms. The molecule has 0 aromatic rings. The van der Waals surface area contributed by atoms with Crippen LogP contribution < -0.4 is 5.32 Å². The molecule has 1 heterocycles. The van der Waals surface area contributed by atoms with Gasteiger partial charge in [0.15, 0.2) is 11.6 Å². The number of amides is 5. The van der Waals surface area contributed by atoms with E-state index in [0.717, 1.165) is 9.80 Å². The molecule has 0 fully saturated rings. The molecule has 0 spiro atoms. The van der Waals surface area contributed by atoms with Crippen LogP contribution in [0.25, 0.3) is 0 Å². The van der Waals surface area contributed by atoms with Crippen molar-refractivity contribution in [2.24, 2.45) is 5.41 Å². The Labute approximate surface area is 263 Å². The van der Waals surface area contributed by atoms with Crippen LogP contribution in [0.4, 0.5) is 4.79 Å². The third-order valence-electron chi connectivity index (χ3n) is 7.77. The lowest BCUT2D eigenvalue weighted by atomic mass is 9.71. The molecule has 0 saturated heterocycles. The number of ether oxygens (including phenoxy) is 2. The maximum atomic E-state index is 13.0. The molecule has 1 aliphatic carbocycles. The predicted molar refractivity (Wildman–Crippen MR) is 162 cm³/mol. The molecule has 2 N–H and O–H groups in total. The Bertz CT molecular complexity index is 1280. The minimum Gasteiger partial charge on any atom is -0.465 e. The van der Waals surface area contributed by atoms with E-state index in [1.165, 1.54) is 17.1 Å². The summed E-state index contributed by atoms with van der Waals surface area (Å²) in [6, 6.07) is 0. The molecule has 14 heteroatoms. The van der Waals surface area contributed by atoms with Gasteiger partial charge in [0.05, 0.1) is 26.4 Å². The van der Waals surface area contributed by atoms with Crippen molar-refractivity contribution >= 4 is 41.3 Å². The number of imide groups is 1. The Hall–Kier alpha value is -4.17. The summed E-state index contributed by atoms with van der Waals surface area (Å²) in [7, 11) is 1.56. The normalized spacial score (nSPS) is 15.4. The lowest BCUT2D eigenvalue weighted by molar-refractivity contribution is -0.137. The van der Waals surface area contributed by atoms with E-state index in [9.17, 15) is 38.7 Å². The van der Waals surface area contributed by atoms with Gasteiger partial charge in [0, 0.05) is 92.5 Å². The molecule has 0 radical (unpaired) electrons. The largest absolute Gasteiger partial charge is 0.465 e. The highest BCUT2D eigenvalue weighted by atomic mass is 16.5. The van der Waals surface area contributed by atoms with Crippen molar-refractivity contribution in [2.75, 3.05) is 66.2 Å². The molecule has 0 unspecified atom stereocenters. The number of carboxylic acid groups (broad SMARTS) is 1. The highest BCUT2D eigenvalue weighted by molar-refractivity contribution is 6.25. The average molecular weight is 633 g/mol. The molecular weight excluding hydrogens is 588 g/mol. The standard InChI is InChI=1S/C31H44N4O10/c1-20-21(2)29(41)27(22(3)28(20)40)31(4,5)19-26(39)33(6)12-13-34(30(42)43)14-16-45-18-17-44-15-9-23(36)32-10-11-35-24(37)7-8-25(35)38/h7-8H,9-19H2,1-6H3,(H,32,36)(H,42,43). The molecule has 5 amide bonds. The van der Waals surface area contributed by atoms with Crippen molar-refractivity contribution in [1.29, 1.82) is 0 Å². The molecular formula is C31H44N4O10. The fourth-order valence-electron chi connectivity index (χ4n) is 4.92. The second-order valence-corrected chi connectivity index (χ2v) is 11.5. The van der Waals surface area contributed by atoms with Crippen LogP contribution in [0.5, 0.6) is 0 Å². The van der Waals surface area contributed by atoms with Crippen molar-refractivity contribution in [2.45, 2.75) is 47.5 Å². The van der Waals surface area contributed by atoms with Gasteiger partial charge in [-0.3, -0.25) is 33.7 Å². The topological polar surface area (TPSA) is 180 Å². The lowest BCUT2D eigenvalue weighted by Crippen LogP contribution is -2.42. The average Bonchev–Trinajstić information content (AvgIpc) is 3.29. The van der Waals surface area contributed by atoms with Crippen LogP contribution >= 0.6 is 0 Å². The molecule has 0 aromatic carbocycles. The smallest absolute Gasteiger partial charge is 0.407 e. The number of ketones is 2. The quantitative estimate of drug-likeness (QED) is 0.126. The van der Waals surface area contributed by atoms with E-state index in [2.05, 4.69) is 5.32 Å². The summed E-state index contributed by atoms with van der Waals surface area (Å²) in [4.78, 5) is 88.7. The summed E-state index contributed by atoms with van der Waals surface area (Å²) in [5, 5.41) is 12.2. The van der Waals surface area contributed by atoms with E-state index in [0.29, 0.717) is 22.3 Å². The highest BCUT2D eigenvalue weighted by Crippen LogP contribution is 2.39. The zero-order valence-electron chi connectivity index (χ0n) is 26.9. The number of likely N-dealkylation sites (N-methyl/N-ethyl adjacent to an activating group) is 1. The second-order valence-electron chi connectivity index (χ2n) is 11.5. The first-order chi connectivity index (χ1) is 21.1. The summed E-state index contributed by atoms with van der Waals surface area (Å²) in [6.45, 7) is 9.39. The Balaban J connectivity index is 1.65. The molecule has 0 saturated carbocycles. The fourth-order valence-corrected chi connectivity index (χ4v) is 4.92. The lowest BCUT2D eigenvalue weighted by Gasteiger charge is -2.33. The number of nitrogens with one attached hydrogen (secondary N) is 1. The summed E-state index contributed by atoms with van der Waals surface area (Å²) in [5.41, 5.74) is 0.569. The van der Waals surface area contributed by atoms with Gasteiger partial charge in [-0.1, -0.05) is 13.8 Å². The van der Waals surface area contributed by atoms with Crippen molar-refractivity contribution in [1.82, 2.24) is 20.0 Å². The van der Waals surface area contributed by atoms with E-state index in [1.54, 1.807) is 41.7 Å². The number of carbonyl (C=O) groups is 7. The van der Waals surface area contributed by atoms with Gasteiger partial charge in [0.2, 0.25) is 11.8 Å². The first-order valence-electron chi connectivity index (χ1n) is 14.7. The van der Waals surface area contributed by atoms with Gasteiger partial charge in [-0.2, -0.15) is 0 Å². The van der Waals surface area contributed by atoms with Crippen LogP contribution in [0.3, 0.4) is 0 Å². The SMILES string of the molecule is CC1=C(C)C(=O)C(C(C)(C)CC(=O)N(C)CCN(CCOCCOCCC(=O)NCCN2C(=O)C=CC2=O)C(=O)O)=C(C)C1=O. The van der Waals surface area contributed by atoms with Crippen molar-refractivity contribution < 1.29 is 48.1 Å². The minimum absolute atomic E-state index is 0.0301. The summed E-state index contributed by atoms with van der Waals surface area (Å²) < 4.78 is 10.8. The van der Waals surface area contributed by atoms with Crippen molar-refractivity contribution in [3.63, 3.8) is 0 Å². The molecule has 14 nitrogen and oxygen atoms in total. The Morgan fingerprint density at radius 2 is 1.42 bits per heavy atom.